The summed E-state index contributed by atoms with van der Waals surface area (Å²) in [5.74, 6) is 0.788. The predicted molar refractivity (Wildman–Crippen MR) is 224 cm³/mol. The summed E-state index contributed by atoms with van der Waals surface area (Å²) in [5.41, 5.74) is 0. The highest BCUT2D eigenvalue weighted by atomic mass is 16.6. The van der Waals surface area contributed by atoms with Crippen LogP contribution in [0.1, 0.15) is 253 Å². The molecule has 6 nitrogen and oxygen atoms in total. The predicted octanol–water partition coefficient (Wildman–Crippen LogP) is 14.6. The largest absolute Gasteiger partial charge is 0.462 e. The van der Waals surface area contributed by atoms with Crippen molar-refractivity contribution < 1.29 is 28.6 Å². The Kier molecular flexibility index (Phi) is 38.9. The molecular weight excluding hydrogens is 661 g/mol. The Bertz CT molecular complexity index is 811. The van der Waals surface area contributed by atoms with E-state index in [1.54, 1.807) is 0 Å². The van der Waals surface area contributed by atoms with Crippen molar-refractivity contribution in [1.29, 1.82) is 0 Å². The molecule has 0 saturated carbocycles. The maximum Gasteiger partial charge on any atom is 0.306 e. The number of carbonyl (C=O) groups is 3. The molecular formula is C47H90O6. The summed E-state index contributed by atoms with van der Waals surface area (Å²) in [6, 6.07) is 0. The molecule has 0 amide bonds. The monoisotopic (exact) mass is 751 g/mol. The van der Waals surface area contributed by atoms with Crippen LogP contribution in [0.25, 0.3) is 0 Å². The van der Waals surface area contributed by atoms with Gasteiger partial charge in [0.2, 0.25) is 0 Å². The van der Waals surface area contributed by atoms with Crippen molar-refractivity contribution in [3.05, 3.63) is 0 Å². The number of unbranched alkanes of at least 4 members (excludes halogenated alkanes) is 25. The van der Waals surface area contributed by atoms with Gasteiger partial charge in [-0.3, -0.25) is 14.4 Å². The third kappa shape index (κ3) is 39.9. The summed E-state index contributed by atoms with van der Waals surface area (Å²) in [7, 11) is 0. The van der Waals surface area contributed by atoms with E-state index < -0.39 is 6.10 Å². The van der Waals surface area contributed by atoms with Crippen LogP contribution in [0, 0.1) is 11.8 Å². The summed E-state index contributed by atoms with van der Waals surface area (Å²) in [6.07, 6.45) is 38.0. The topological polar surface area (TPSA) is 78.9 Å². The lowest BCUT2D eigenvalue weighted by atomic mass is 9.99. The van der Waals surface area contributed by atoms with Crippen molar-refractivity contribution in [2.45, 2.75) is 259 Å². The molecule has 0 rings (SSSR count). The second-order valence-corrected chi connectivity index (χ2v) is 16.8. The van der Waals surface area contributed by atoms with Crippen molar-refractivity contribution in [1.82, 2.24) is 0 Å². The molecule has 1 unspecified atom stereocenters. The third-order valence-corrected chi connectivity index (χ3v) is 10.8. The van der Waals surface area contributed by atoms with Crippen LogP contribution in [-0.4, -0.2) is 37.2 Å². The first-order valence-electron chi connectivity index (χ1n) is 23.3. The quantitative estimate of drug-likeness (QED) is 0.0352. The summed E-state index contributed by atoms with van der Waals surface area (Å²) in [4.78, 5) is 37.7. The Hall–Kier alpha value is -1.59. The van der Waals surface area contributed by atoms with Gasteiger partial charge in [-0.2, -0.15) is 0 Å². The fourth-order valence-electron chi connectivity index (χ4n) is 6.90. The van der Waals surface area contributed by atoms with E-state index in [2.05, 4.69) is 34.6 Å². The van der Waals surface area contributed by atoms with Crippen LogP contribution < -0.4 is 0 Å². The smallest absolute Gasteiger partial charge is 0.306 e. The standard InChI is InChI=1S/C47H90O6/c1-6-8-9-10-11-12-13-17-22-27-32-37-45(48)51-40-44(53-47(50)39-34-29-24-19-20-25-30-35-42(3)4)41-52-46(49)38-33-28-23-18-15-14-16-21-26-31-36-43(5)7-2/h42-44H,6-41H2,1-5H3/t43?,44-/m0/s1. The maximum absolute atomic E-state index is 12.7. The second kappa shape index (κ2) is 40.1. The molecule has 6 heteroatoms. The van der Waals surface area contributed by atoms with E-state index in [-0.39, 0.29) is 31.1 Å². The summed E-state index contributed by atoms with van der Waals surface area (Å²) >= 11 is 0. The molecule has 0 heterocycles. The van der Waals surface area contributed by atoms with E-state index in [0.717, 1.165) is 69.6 Å². The normalized spacial score (nSPS) is 12.6. The van der Waals surface area contributed by atoms with Gasteiger partial charge in [0.25, 0.3) is 0 Å². The number of esters is 3. The van der Waals surface area contributed by atoms with Gasteiger partial charge in [0, 0.05) is 19.3 Å². The molecule has 0 fully saturated rings. The molecule has 0 aliphatic heterocycles. The van der Waals surface area contributed by atoms with Crippen LogP contribution in [0.5, 0.6) is 0 Å². The average Bonchev–Trinajstić information content (AvgIpc) is 3.14. The minimum absolute atomic E-state index is 0.0654. The zero-order valence-electron chi connectivity index (χ0n) is 36.1. The molecule has 0 radical (unpaired) electrons. The van der Waals surface area contributed by atoms with Crippen LogP contribution in [0.3, 0.4) is 0 Å². The van der Waals surface area contributed by atoms with E-state index in [1.807, 2.05) is 0 Å². The van der Waals surface area contributed by atoms with Gasteiger partial charge in [-0.1, -0.05) is 214 Å². The highest BCUT2D eigenvalue weighted by Crippen LogP contribution is 2.17. The summed E-state index contributed by atoms with van der Waals surface area (Å²) in [5, 5.41) is 0. The molecule has 0 aliphatic rings. The van der Waals surface area contributed by atoms with Crippen molar-refractivity contribution in [2.24, 2.45) is 11.8 Å². The van der Waals surface area contributed by atoms with Gasteiger partial charge in [-0.15, -0.1) is 0 Å². The van der Waals surface area contributed by atoms with Gasteiger partial charge < -0.3 is 14.2 Å². The first-order valence-corrected chi connectivity index (χ1v) is 23.3. The Morgan fingerprint density at radius 2 is 0.717 bits per heavy atom. The molecule has 0 aromatic carbocycles. The van der Waals surface area contributed by atoms with Gasteiger partial charge in [0.1, 0.15) is 13.2 Å². The van der Waals surface area contributed by atoms with Crippen LogP contribution in [0.15, 0.2) is 0 Å². The first-order chi connectivity index (χ1) is 25.8. The Morgan fingerprint density at radius 3 is 1.08 bits per heavy atom. The van der Waals surface area contributed by atoms with E-state index in [0.29, 0.717) is 19.3 Å². The molecule has 0 aromatic heterocycles. The Balaban J connectivity index is 4.32. The molecule has 0 saturated heterocycles. The van der Waals surface area contributed by atoms with Crippen molar-refractivity contribution in [3.8, 4) is 0 Å². The van der Waals surface area contributed by atoms with Crippen LogP contribution in [0.2, 0.25) is 0 Å². The van der Waals surface area contributed by atoms with Gasteiger partial charge in [-0.05, 0) is 31.1 Å². The Morgan fingerprint density at radius 1 is 0.396 bits per heavy atom. The molecule has 2 atom stereocenters. The number of hydrogen-bond donors (Lipinski definition) is 0. The summed E-state index contributed by atoms with van der Waals surface area (Å²) < 4.78 is 16.7. The van der Waals surface area contributed by atoms with Crippen LogP contribution >= 0.6 is 0 Å². The molecule has 0 aliphatic carbocycles. The molecule has 0 N–H and O–H groups in total. The lowest BCUT2D eigenvalue weighted by molar-refractivity contribution is -0.167. The number of rotatable bonds is 41. The fraction of sp³-hybridized carbons (Fsp3) is 0.936. The zero-order valence-corrected chi connectivity index (χ0v) is 36.1. The van der Waals surface area contributed by atoms with E-state index in [4.69, 9.17) is 14.2 Å². The fourth-order valence-corrected chi connectivity index (χ4v) is 6.90. The van der Waals surface area contributed by atoms with Crippen LogP contribution in [-0.2, 0) is 28.6 Å². The summed E-state index contributed by atoms with van der Waals surface area (Å²) in [6.45, 7) is 11.3. The van der Waals surface area contributed by atoms with Crippen molar-refractivity contribution in [2.75, 3.05) is 13.2 Å². The number of carbonyl (C=O) groups excluding carboxylic acids is 3. The lowest BCUT2D eigenvalue weighted by Gasteiger charge is -2.18. The Labute approximate surface area is 329 Å². The van der Waals surface area contributed by atoms with Gasteiger partial charge in [-0.25, -0.2) is 0 Å². The van der Waals surface area contributed by atoms with Gasteiger partial charge >= 0.3 is 17.9 Å². The average molecular weight is 751 g/mol. The van der Waals surface area contributed by atoms with Crippen molar-refractivity contribution in [3.63, 3.8) is 0 Å². The third-order valence-electron chi connectivity index (χ3n) is 10.8. The minimum atomic E-state index is -0.760. The molecule has 314 valence electrons. The number of ether oxygens (including phenoxy) is 3. The van der Waals surface area contributed by atoms with Crippen molar-refractivity contribution >= 4 is 17.9 Å². The first kappa shape index (κ1) is 51.4. The highest BCUT2D eigenvalue weighted by molar-refractivity contribution is 5.71. The second-order valence-electron chi connectivity index (χ2n) is 16.8. The SMILES string of the molecule is CCCCCCCCCCCCCC(=O)OC[C@@H](COC(=O)CCCCCCCCCCCCC(C)CC)OC(=O)CCCCCCCCCC(C)C. The van der Waals surface area contributed by atoms with E-state index in [9.17, 15) is 14.4 Å². The van der Waals surface area contributed by atoms with Crippen LogP contribution in [0.4, 0.5) is 0 Å². The highest BCUT2D eigenvalue weighted by Gasteiger charge is 2.19. The minimum Gasteiger partial charge on any atom is -0.462 e. The van der Waals surface area contributed by atoms with Gasteiger partial charge in [0.15, 0.2) is 6.10 Å². The molecule has 0 aromatic rings. The van der Waals surface area contributed by atoms with Gasteiger partial charge in [0.05, 0.1) is 0 Å². The maximum atomic E-state index is 12.7. The van der Waals surface area contributed by atoms with E-state index >= 15 is 0 Å². The molecule has 53 heavy (non-hydrogen) atoms. The van der Waals surface area contributed by atoms with E-state index in [1.165, 1.54) is 141 Å². The molecule has 0 spiro atoms. The number of hydrogen-bond acceptors (Lipinski definition) is 6. The lowest BCUT2D eigenvalue weighted by Crippen LogP contribution is -2.30. The zero-order chi connectivity index (χ0) is 39.0. The molecule has 0 bridgehead atoms.